The van der Waals surface area contributed by atoms with Crippen molar-refractivity contribution in [3.63, 3.8) is 0 Å². The second-order valence-corrected chi connectivity index (χ2v) is 7.05. The highest BCUT2D eigenvalue weighted by atomic mass is 32.2. The maximum absolute atomic E-state index is 10.9. The summed E-state index contributed by atoms with van der Waals surface area (Å²) in [5, 5.41) is 21.1. The number of rotatable bonds is 1. The van der Waals surface area contributed by atoms with E-state index in [0.717, 1.165) is 18.4 Å². The maximum Gasteiger partial charge on any atom is 0.0991 e. The van der Waals surface area contributed by atoms with Gasteiger partial charge in [-0.15, -0.1) is 0 Å². The van der Waals surface area contributed by atoms with Crippen molar-refractivity contribution in [2.45, 2.75) is 48.2 Å². The number of nitrogens with zero attached hydrogens (tertiary/aromatic N) is 1. The molecule has 2 saturated heterocycles. The summed E-state index contributed by atoms with van der Waals surface area (Å²) in [5.41, 5.74) is 0.858. The molecule has 0 aliphatic carbocycles. The summed E-state index contributed by atoms with van der Waals surface area (Å²) in [7, 11) is 0. The number of nitriles is 1. The van der Waals surface area contributed by atoms with Gasteiger partial charge < -0.3 is 5.11 Å². The molecular weight excluding hydrogens is 242 g/mol. The van der Waals surface area contributed by atoms with E-state index in [4.69, 9.17) is 5.26 Å². The van der Waals surface area contributed by atoms with E-state index >= 15 is 0 Å². The van der Waals surface area contributed by atoms with Gasteiger partial charge in [-0.05, 0) is 43.4 Å². The number of thioether (sulfide) groups is 1. The molecule has 0 spiro atoms. The van der Waals surface area contributed by atoms with Crippen LogP contribution >= 0.6 is 11.8 Å². The van der Waals surface area contributed by atoms with Crippen molar-refractivity contribution in [3.8, 4) is 6.07 Å². The zero-order valence-corrected chi connectivity index (χ0v) is 11.1. The maximum atomic E-state index is 10.9. The number of fused-ring (bicyclic) bond motifs is 2. The number of aliphatic hydroxyl groups is 1. The average molecular weight is 259 g/mol. The standard InChI is InChI=1S/C15H17NOS/c16-10-11-3-1-4-12(7-11)15(17)8-13-5-2-6-14(9-15)18-13/h1,3-4,7,13-14,17H,2,5-6,8-9H2. The minimum Gasteiger partial charge on any atom is -0.385 e. The summed E-state index contributed by atoms with van der Waals surface area (Å²) in [4.78, 5) is 0. The van der Waals surface area contributed by atoms with Crippen molar-refractivity contribution in [2.24, 2.45) is 0 Å². The van der Waals surface area contributed by atoms with Crippen LogP contribution in [0.4, 0.5) is 0 Å². The first-order valence-electron chi connectivity index (χ1n) is 6.58. The number of hydrogen-bond acceptors (Lipinski definition) is 3. The van der Waals surface area contributed by atoms with Gasteiger partial charge in [-0.2, -0.15) is 17.0 Å². The van der Waals surface area contributed by atoms with E-state index in [1.807, 2.05) is 18.2 Å². The van der Waals surface area contributed by atoms with Crippen LogP contribution in [0.3, 0.4) is 0 Å². The molecule has 18 heavy (non-hydrogen) atoms. The molecule has 1 aromatic carbocycles. The van der Waals surface area contributed by atoms with E-state index < -0.39 is 5.60 Å². The lowest BCUT2D eigenvalue weighted by Gasteiger charge is -2.44. The molecule has 3 rings (SSSR count). The lowest BCUT2D eigenvalue weighted by atomic mass is 9.80. The Kier molecular flexibility index (Phi) is 3.09. The number of benzene rings is 1. The van der Waals surface area contributed by atoms with Gasteiger partial charge in [0.15, 0.2) is 0 Å². The van der Waals surface area contributed by atoms with E-state index in [-0.39, 0.29) is 0 Å². The fraction of sp³-hybridized carbons (Fsp3) is 0.533. The molecule has 1 N–H and O–H groups in total. The van der Waals surface area contributed by atoms with Gasteiger partial charge in [-0.3, -0.25) is 0 Å². The Labute approximate surface area is 112 Å². The molecule has 2 nitrogen and oxygen atoms in total. The van der Waals surface area contributed by atoms with E-state index in [0.29, 0.717) is 16.1 Å². The molecule has 0 amide bonds. The highest BCUT2D eigenvalue weighted by Crippen LogP contribution is 2.49. The van der Waals surface area contributed by atoms with Crippen molar-refractivity contribution in [2.75, 3.05) is 0 Å². The van der Waals surface area contributed by atoms with Crippen LogP contribution < -0.4 is 0 Å². The normalized spacial score (nSPS) is 34.9. The second kappa shape index (κ2) is 4.60. The third-order valence-corrected chi connectivity index (χ3v) is 5.67. The first-order valence-corrected chi connectivity index (χ1v) is 7.52. The molecule has 94 valence electrons. The SMILES string of the molecule is N#Cc1cccc(C2(O)CC3CCCC(C2)S3)c1. The van der Waals surface area contributed by atoms with Crippen LogP contribution in [0.1, 0.15) is 43.2 Å². The molecule has 3 heteroatoms. The minimum atomic E-state index is -0.714. The zero-order valence-electron chi connectivity index (χ0n) is 10.3. The monoisotopic (exact) mass is 259 g/mol. The fourth-order valence-electron chi connectivity index (χ4n) is 3.23. The Hall–Kier alpha value is -0.980. The van der Waals surface area contributed by atoms with E-state index in [2.05, 4.69) is 17.8 Å². The van der Waals surface area contributed by atoms with Crippen LogP contribution in [-0.4, -0.2) is 15.6 Å². The lowest BCUT2D eigenvalue weighted by Crippen LogP contribution is -2.40. The quantitative estimate of drug-likeness (QED) is 0.842. The molecule has 0 radical (unpaired) electrons. The van der Waals surface area contributed by atoms with Crippen LogP contribution in [0.15, 0.2) is 24.3 Å². The van der Waals surface area contributed by atoms with Gasteiger partial charge in [-0.1, -0.05) is 18.6 Å². The zero-order chi connectivity index (χ0) is 12.6. The van der Waals surface area contributed by atoms with Crippen LogP contribution in [-0.2, 0) is 5.60 Å². The minimum absolute atomic E-state index is 0.591. The van der Waals surface area contributed by atoms with Crippen molar-refractivity contribution < 1.29 is 5.11 Å². The third-order valence-electron chi connectivity index (χ3n) is 4.10. The molecule has 2 heterocycles. The highest BCUT2D eigenvalue weighted by Gasteiger charge is 2.42. The van der Waals surface area contributed by atoms with Gasteiger partial charge in [-0.25, -0.2) is 0 Å². The largest absolute Gasteiger partial charge is 0.385 e. The van der Waals surface area contributed by atoms with E-state index in [9.17, 15) is 5.11 Å². The molecule has 2 unspecified atom stereocenters. The summed E-state index contributed by atoms with van der Waals surface area (Å²) in [6.07, 6.45) is 5.42. The van der Waals surface area contributed by atoms with E-state index in [1.165, 1.54) is 19.3 Å². The summed E-state index contributed by atoms with van der Waals surface area (Å²) in [5.74, 6) is 0. The van der Waals surface area contributed by atoms with Crippen LogP contribution in [0.25, 0.3) is 0 Å². The van der Waals surface area contributed by atoms with Gasteiger partial charge >= 0.3 is 0 Å². The van der Waals surface area contributed by atoms with Crippen molar-refractivity contribution in [1.82, 2.24) is 0 Å². The predicted octanol–water partition coefficient (Wildman–Crippen LogP) is 3.19. The van der Waals surface area contributed by atoms with Crippen molar-refractivity contribution >= 4 is 11.8 Å². The third kappa shape index (κ3) is 2.15. The van der Waals surface area contributed by atoms with Crippen LogP contribution in [0.5, 0.6) is 0 Å². The Morgan fingerprint density at radius 2 is 2.00 bits per heavy atom. The Bertz CT molecular complexity index is 482. The molecule has 2 aliphatic rings. The molecule has 1 aromatic rings. The van der Waals surface area contributed by atoms with Crippen LogP contribution in [0, 0.1) is 11.3 Å². The Balaban J connectivity index is 1.92. The summed E-state index contributed by atoms with van der Waals surface area (Å²) < 4.78 is 0. The van der Waals surface area contributed by atoms with Crippen LogP contribution in [0.2, 0.25) is 0 Å². The van der Waals surface area contributed by atoms with Gasteiger partial charge in [0.25, 0.3) is 0 Å². The smallest absolute Gasteiger partial charge is 0.0991 e. The van der Waals surface area contributed by atoms with Gasteiger partial charge in [0.2, 0.25) is 0 Å². The number of hydrogen-bond donors (Lipinski definition) is 1. The Morgan fingerprint density at radius 3 is 2.67 bits per heavy atom. The summed E-state index contributed by atoms with van der Waals surface area (Å²) in [6, 6.07) is 9.65. The first kappa shape index (κ1) is 12.1. The molecular formula is C15H17NOS. The first-order chi connectivity index (χ1) is 8.69. The van der Waals surface area contributed by atoms with Crippen molar-refractivity contribution in [3.05, 3.63) is 35.4 Å². The predicted molar refractivity (Wildman–Crippen MR) is 73.3 cm³/mol. The molecule has 2 atom stereocenters. The highest BCUT2D eigenvalue weighted by molar-refractivity contribution is 8.00. The fourth-order valence-corrected chi connectivity index (χ4v) is 5.13. The topological polar surface area (TPSA) is 44.0 Å². The lowest BCUT2D eigenvalue weighted by molar-refractivity contribution is 0.00811. The second-order valence-electron chi connectivity index (χ2n) is 5.44. The van der Waals surface area contributed by atoms with Gasteiger partial charge in [0, 0.05) is 10.5 Å². The van der Waals surface area contributed by atoms with Gasteiger partial charge in [0.1, 0.15) is 0 Å². The average Bonchev–Trinajstić information content (AvgIpc) is 2.38. The Morgan fingerprint density at radius 1 is 1.28 bits per heavy atom. The summed E-state index contributed by atoms with van der Waals surface area (Å²) >= 11 is 2.06. The molecule has 2 bridgehead atoms. The molecule has 0 aromatic heterocycles. The summed E-state index contributed by atoms with van der Waals surface area (Å²) in [6.45, 7) is 0. The molecule has 0 saturated carbocycles. The molecule has 2 aliphatic heterocycles. The van der Waals surface area contributed by atoms with E-state index in [1.54, 1.807) is 6.07 Å². The molecule has 2 fully saturated rings. The van der Waals surface area contributed by atoms with Crippen molar-refractivity contribution in [1.29, 1.82) is 5.26 Å². The van der Waals surface area contributed by atoms with Gasteiger partial charge in [0.05, 0.1) is 17.2 Å².